The lowest BCUT2D eigenvalue weighted by molar-refractivity contribution is 0.102. The van der Waals surface area contributed by atoms with Gasteiger partial charge in [-0.25, -0.2) is 0 Å². The summed E-state index contributed by atoms with van der Waals surface area (Å²) < 4.78 is 10.8. The fourth-order valence-corrected chi connectivity index (χ4v) is 1.73. The largest absolute Gasteiger partial charge is 0.489 e. The lowest BCUT2D eigenvalue weighted by Crippen LogP contribution is -2.14. The predicted octanol–water partition coefficient (Wildman–Crippen LogP) is 2.78. The van der Waals surface area contributed by atoms with Crippen LogP contribution in [0.5, 0.6) is 5.75 Å². The topological polar surface area (TPSA) is 77.5 Å². The van der Waals surface area contributed by atoms with E-state index in [0.29, 0.717) is 22.8 Å². The fraction of sp³-hybridized carbons (Fsp3) is 0.267. The first kappa shape index (κ1) is 14.1. The van der Waals surface area contributed by atoms with E-state index in [9.17, 15) is 4.79 Å². The summed E-state index contributed by atoms with van der Waals surface area (Å²) in [4.78, 5) is 12.1. The molecule has 3 N–H and O–H groups in total. The fourth-order valence-electron chi connectivity index (χ4n) is 1.73. The Balaban J connectivity index is 2.15. The van der Waals surface area contributed by atoms with Crippen molar-refractivity contribution in [2.75, 3.05) is 5.32 Å². The van der Waals surface area contributed by atoms with Crippen molar-refractivity contribution in [3.8, 4) is 5.75 Å². The average Bonchev–Trinajstić information content (AvgIpc) is 2.89. The zero-order valence-corrected chi connectivity index (χ0v) is 11.6. The molecule has 5 nitrogen and oxygen atoms in total. The molecule has 0 aliphatic heterocycles. The summed E-state index contributed by atoms with van der Waals surface area (Å²) in [6.45, 7) is 4.13. The molecule has 0 atom stereocenters. The Hall–Kier alpha value is -2.27. The molecule has 1 aromatic carbocycles. The van der Waals surface area contributed by atoms with Crippen LogP contribution in [0.2, 0.25) is 0 Å². The Morgan fingerprint density at radius 1 is 1.40 bits per heavy atom. The molecule has 2 rings (SSSR count). The number of anilines is 1. The van der Waals surface area contributed by atoms with Crippen molar-refractivity contribution < 1.29 is 13.9 Å². The number of para-hydroxylation sites is 2. The van der Waals surface area contributed by atoms with Gasteiger partial charge in [0.05, 0.1) is 23.9 Å². The van der Waals surface area contributed by atoms with E-state index in [-0.39, 0.29) is 18.6 Å². The van der Waals surface area contributed by atoms with Crippen molar-refractivity contribution >= 4 is 11.6 Å². The van der Waals surface area contributed by atoms with Crippen molar-refractivity contribution in [3.05, 3.63) is 47.9 Å². The molecule has 0 spiro atoms. The van der Waals surface area contributed by atoms with E-state index >= 15 is 0 Å². The predicted molar refractivity (Wildman–Crippen MR) is 76.8 cm³/mol. The van der Waals surface area contributed by atoms with Gasteiger partial charge in [-0.05, 0) is 32.0 Å². The van der Waals surface area contributed by atoms with Gasteiger partial charge in [0.25, 0.3) is 5.91 Å². The van der Waals surface area contributed by atoms with Crippen LogP contribution in [0.15, 0.2) is 41.0 Å². The highest BCUT2D eigenvalue weighted by atomic mass is 16.5. The van der Waals surface area contributed by atoms with Gasteiger partial charge in [-0.1, -0.05) is 12.1 Å². The number of amides is 1. The van der Waals surface area contributed by atoms with Crippen LogP contribution in [0, 0.1) is 0 Å². The number of ether oxygens (including phenoxy) is 1. The highest BCUT2D eigenvalue weighted by Gasteiger charge is 2.12. The summed E-state index contributed by atoms with van der Waals surface area (Å²) in [6, 6.07) is 8.93. The van der Waals surface area contributed by atoms with Crippen LogP contribution in [0.4, 0.5) is 5.69 Å². The Morgan fingerprint density at radius 2 is 2.15 bits per heavy atom. The maximum absolute atomic E-state index is 12.1. The van der Waals surface area contributed by atoms with Gasteiger partial charge in [0.2, 0.25) is 0 Å². The van der Waals surface area contributed by atoms with Crippen molar-refractivity contribution in [3.63, 3.8) is 0 Å². The first-order valence-corrected chi connectivity index (χ1v) is 6.44. The molecule has 0 fully saturated rings. The number of rotatable bonds is 5. The third-order valence-electron chi connectivity index (χ3n) is 2.62. The molecule has 0 saturated carbocycles. The number of benzene rings is 1. The van der Waals surface area contributed by atoms with Gasteiger partial charge in [0.15, 0.2) is 0 Å². The molecule has 0 unspecified atom stereocenters. The van der Waals surface area contributed by atoms with Crippen LogP contribution in [0.1, 0.15) is 30.0 Å². The first-order chi connectivity index (χ1) is 9.60. The third kappa shape index (κ3) is 3.39. The smallest absolute Gasteiger partial charge is 0.259 e. The molecular weight excluding hydrogens is 256 g/mol. The summed E-state index contributed by atoms with van der Waals surface area (Å²) in [5.74, 6) is 0.952. The normalized spacial score (nSPS) is 10.6. The summed E-state index contributed by atoms with van der Waals surface area (Å²) in [6.07, 6.45) is 1.43. The van der Waals surface area contributed by atoms with Gasteiger partial charge in [-0.15, -0.1) is 0 Å². The van der Waals surface area contributed by atoms with Crippen molar-refractivity contribution in [1.29, 1.82) is 0 Å². The molecule has 0 saturated heterocycles. The number of carbonyl (C=O) groups is 1. The molecule has 0 radical (unpaired) electrons. The van der Waals surface area contributed by atoms with E-state index < -0.39 is 0 Å². The second kappa shape index (κ2) is 6.25. The Kier molecular flexibility index (Phi) is 4.42. The van der Waals surface area contributed by atoms with E-state index in [1.54, 1.807) is 12.1 Å². The zero-order valence-electron chi connectivity index (χ0n) is 11.6. The molecule has 1 heterocycles. The minimum absolute atomic E-state index is 0.0332. The molecular formula is C15H18N2O3. The van der Waals surface area contributed by atoms with E-state index in [4.69, 9.17) is 14.9 Å². The molecule has 5 heteroatoms. The van der Waals surface area contributed by atoms with Gasteiger partial charge >= 0.3 is 0 Å². The van der Waals surface area contributed by atoms with Crippen LogP contribution >= 0.6 is 0 Å². The number of nitrogens with two attached hydrogens (primary N) is 1. The molecule has 2 aromatic rings. The van der Waals surface area contributed by atoms with E-state index in [0.717, 1.165) is 0 Å². The van der Waals surface area contributed by atoms with Crippen LogP contribution in [-0.4, -0.2) is 12.0 Å². The van der Waals surface area contributed by atoms with Gasteiger partial charge in [0, 0.05) is 0 Å². The second-order valence-corrected chi connectivity index (χ2v) is 4.62. The van der Waals surface area contributed by atoms with Crippen LogP contribution in [0.3, 0.4) is 0 Å². The number of furan rings is 1. The molecule has 0 bridgehead atoms. The molecule has 106 valence electrons. The van der Waals surface area contributed by atoms with Gasteiger partial charge < -0.3 is 20.2 Å². The van der Waals surface area contributed by atoms with Gasteiger partial charge in [0.1, 0.15) is 17.8 Å². The molecule has 1 amide bonds. The van der Waals surface area contributed by atoms with Crippen LogP contribution in [-0.2, 0) is 6.54 Å². The summed E-state index contributed by atoms with van der Waals surface area (Å²) >= 11 is 0. The highest BCUT2D eigenvalue weighted by molar-refractivity contribution is 6.04. The number of nitrogens with one attached hydrogen (secondary N) is 1. The van der Waals surface area contributed by atoms with Gasteiger partial charge in [-0.2, -0.15) is 0 Å². The SMILES string of the molecule is CC(C)Oc1ccccc1NC(=O)c1coc(CN)c1. The molecule has 20 heavy (non-hydrogen) atoms. The monoisotopic (exact) mass is 274 g/mol. The lowest BCUT2D eigenvalue weighted by Gasteiger charge is -2.14. The zero-order chi connectivity index (χ0) is 14.5. The quantitative estimate of drug-likeness (QED) is 0.878. The standard InChI is InChI=1S/C15H18N2O3/c1-10(2)20-14-6-4-3-5-13(14)17-15(18)11-7-12(8-16)19-9-11/h3-7,9-10H,8,16H2,1-2H3,(H,17,18). The molecule has 0 aliphatic rings. The maximum Gasteiger partial charge on any atom is 0.259 e. The maximum atomic E-state index is 12.1. The van der Waals surface area contributed by atoms with E-state index in [1.165, 1.54) is 6.26 Å². The minimum Gasteiger partial charge on any atom is -0.489 e. The van der Waals surface area contributed by atoms with Crippen LogP contribution < -0.4 is 15.8 Å². The van der Waals surface area contributed by atoms with E-state index in [1.807, 2.05) is 32.0 Å². The molecule has 0 aliphatic carbocycles. The summed E-state index contributed by atoms with van der Waals surface area (Å²) in [7, 11) is 0. The van der Waals surface area contributed by atoms with Crippen molar-refractivity contribution in [1.82, 2.24) is 0 Å². The molecule has 1 aromatic heterocycles. The Bertz CT molecular complexity index is 590. The van der Waals surface area contributed by atoms with E-state index in [2.05, 4.69) is 5.32 Å². The number of carbonyl (C=O) groups excluding carboxylic acids is 1. The third-order valence-corrected chi connectivity index (χ3v) is 2.62. The van der Waals surface area contributed by atoms with Gasteiger partial charge in [-0.3, -0.25) is 4.79 Å². The number of hydrogen-bond donors (Lipinski definition) is 2. The van der Waals surface area contributed by atoms with Crippen molar-refractivity contribution in [2.24, 2.45) is 5.73 Å². The highest BCUT2D eigenvalue weighted by Crippen LogP contribution is 2.25. The van der Waals surface area contributed by atoms with Crippen LogP contribution in [0.25, 0.3) is 0 Å². The lowest BCUT2D eigenvalue weighted by atomic mass is 10.2. The summed E-state index contributed by atoms with van der Waals surface area (Å²) in [5, 5.41) is 2.80. The minimum atomic E-state index is -0.256. The number of hydrogen-bond acceptors (Lipinski definition) is 4. The first-order valence-electron chi connectivity index (χ1n) is 6.44. The average molecular weight is 274 g/mol. The summed E-state index contributed by atoms with van der Waals surface area (Å²) in [5.41, 5.74) is 6.51. The Morgan fingerprint density at radius 3 is 2.80 bits per heavy atom. The van der Waals surface area contributed by atoms with Crippen molar-refractivity contribution in [2.45, 2.75) is 26.5 Å². The second-order valence-electron chi connectivity index (χ2n) is 4.62. The Labute approximate surface area is 117 Å².